The zero-order valence-corrected chi connectivity index (χ0v) is 16.0. The minimum absolute atomic E-state index is 0.106. The fourth-order valence-corrected chi connectivity index (χ4v) is 3.86. The second kappa shape index (κ2) is 8.44. The second-order valence-electron chi connectivity index (χ2n) is 7.39. The fraction of sp³-hybridized carbons (Fsp3) is 0.364. The number of anilines is 1. The van der Waals surface area contributed by atoms with E-state index in [0.717, 1.165) is 25.2 Å². The quantitative estimate of drug-likeness (QED) is 0.893. The van der Waals surface area contributed by atoms with E-state index in [0.29, 0.717) is 32.7 Å². The summed E-state index contributed by atoms with van der Waals surface area (Å²) in [5.41, 5.74) is 3.50. The molecule has 28 heavy (non-hydrogen) atoms. The first kappa shape index (κ1) is 18.5. The number of para-hydroxylation sites is 1. The van der Waals surface area contributed by atoms with Crippen molar-refractivity contribution in [3.8, 4) is 0 Å². The van der Waals surface area contributed by atoms with Crippen molar-refractivity contribution in [3.63, 3.8) is 0 Å². The van der Waals surface area contributed by atoms with Crippen molar-refractivity contribution in [2.45, 2.75) is 13.0 Å². The Morgan fingerprint density at radius 3 is 2.18 bits per heavy atom. The molecule has 6 heteroatoms. The van der Waals surface area contributed by atoms with Crippen LogP contribution in [0.3, 0.4) is 0 Å². The highest BCUT2D eigenvalue weighted by molar-refractivity contribution is 5.89. The van der Waals surface area contributed by atoms with E-state index in [1.54, 1.807) is 4.90 Å². The SMILES string of the molecule is O=C(CN1CCc2ccccc2C1)N1CCN(C(=O)Nc2ccccc2)CC1. The van der Waals surface area contributed by atoms with Gasteiger partial charge < -0.3 is 15.1 Å². The normalized spacial score (nSPS) is 17.1. The minimum Gasteiger partial charge on any atom is -0.338 e. The van der Waals surface area contributed by atoms with Crippen LogP contribution < -0.4 is 5.32 Å². The first-order valence-electron chi connectivity index (χ1n) is 9.87. The van der Waals surface area contributed by atoms with Crippen LogP contribution >= 0.6 is 0 Å². The largest absolute Gasteiger partial charge is 0.338 e. The average molecular weight is 378 g/mol. The van der Waals surface area contributed by atoms with Crippen molar-refractivity contribution in [1.82, 2.24) is 14.7 Å². The third-order valence-corrected chi connectivity index (χ3v) is 5.51. The lowest BCUT2D eigenvalue weighted by Crippen LogP contribution is -2.53. The number of carbonyl (C=O) groups is 2. The summed E-state index contributed by atoms with van der Waals surface area (Å²) in [5.74, 6) is 0.155. The lowest BCUT2D eigenvalue weighted by Gasteiger charge is -2.36. The summed E-state index contributed by atoms with van der Waals surface area (Å²) < 4.78 is 0. The molecule has 2 aromatic rings. The molecule has 1 fully saturated rings. The molecule has 2 heterocycles. The Labute approximate surface area is 165 Å². The number of hydrogen-bond donors (Lipinski definition) is 1. The first-order chi connectivity index (χ1) is 13.7. The van der Waals surface area contributed by atoms with E-state index in [2.05, 4.69) is 34.5 Å². The number of benzene rings is 2. The molecule has 0 unspecified atom stereocenters. The molecule has 146 valence electrons. The number of fused-ring (bicyclic) bond motifs is 1. The summed E-state index contributed by atoms with van der Waals surface area (Å²) in [7, 11) is 0. The highest BCUT2D eigenvalue weighted by Gasteiger charge is 2.26. The second-order valence-corrected chi connectivity index (χ2v) is 7.39. The Morgan fingerprint density at radius 2 is 1.43 bits per heavy atom. The van der Waals surface area contributed by atoms with Crippen LogP contribution in [0.1, 0.15) is 11.1 Å². The molecule has 2 aliphatic rings. The number of amides is 3. The van der Waals surface area contributed by atoms with Gasteiger partial charge in [0.05, 0.1) is 6.54 Å². The summed E-state index contributed by atoms with van der Waals surface area (Å²) >= 11 is 0. The number of urea groups is 1. The molecule has 0 radical (unpaired) electrons. The van der Waals surface area contributed by atoms with E-state index in [4.69, 9.17) is 0 Å². The van der Waals surface area contributed by atoms with Gasteiger partial charge in [0.1, 0.15) is 0 Å². The van der Waals surface area contributed by atoms with Crippen LogP contribution in [0.25, 0.3) is 0 Å². The van der Waals surface area contributed by atoms with Crippen molar-refractivity contribution >= 4 is 17.6 Å². The Hall–Kier alpha value is -2.86. The van der Waals surface area contributed by atoms with Gasteiger partial charge in [0, 0.05) is 45.0 Å². The van der Waals surface area contributed by atoms with Crippen LogP contribution in [0.2, 0.25) is 0 Å². The molecule has 0 bridgehead atoms. The lowest BCUT2D eigenvalue weighted by molar-refractivity contribution is -0.134. The molecular formula is C22H26N4O2. The standard InChI is InChI=1S/C22H26N4O2/c27-21(17-24-11-10-18-6-4-5-7-19(18)16-24)25-12-14-26(15-13-25)22(28)23-20-8-2-1-3-9-20/h1-9H,10-17H2,(H,23,28). The van der Waals surface area contributed by atoms with Crippen LogP contribution in [0.5, 0.6) is 0 Å². The van der Waals surface area contributed by atoms with Gasteiger partial charge >= 0.3 is 6.03 Å². The third-order valence-electron chi connectivity index (χ3n) is 5.51. The summed E-state index contributed by atoms with van der Waals surface area (Å²) in [4.78, 5) is 31.0. The molecule has 2 aliphatic heterocycles. The molecule has 4 rings (SSSR count). The molecule has 0 aliphatic carbocycles. The van der Waals surface area contributed by atoms with E-state index < -0.39 is 0 Å². The average Bonchev–Trinajstić information content (AvgIpc) is 2.74. The van der Waals surface area contributed by atoms with Crippen molar-refractivity contribution < 1.29 is 9.59 Å². The van der Waals surface area contributed by atoms with E-state index in [-0.39, 0.29) is 11.9 Å². The zero-order valence-electron chi connectivity index (χ0n) is 16.0. The molecule has 6 nitrogen and oxygen atoms in total. The minimum atomic E-state index is -0.106. The highest BCUT2D eigenvalue weighted by atomic mass is 16.2. The van der Waals surface area contributed by atoms with E-state index in [1.807, 2.05) is 35.2 Å². The summed E-state index contributed by atoms with van der Waals surface area (Å²) in [5, 5.41) is 2.91. The summed E-state index contributed by atoms with van der Waals surface area (Å²) in [6.45, 7) is 4.51. The first-order valence-corrected chi connectivity index (χ1v) is 9.87. The summed E-state index contributed by atoms with van der Waals surface area (Å²) in [6.07, 6.45) is 0.997. The highest BCUT2D eigenvalue weighted by Crippen LogP contribution is 2.18. The maximum absolute atomic E-state index is 12.7. The number of piperazine rings is 1. The monoisotopic (exact) mass is 378 g/mol. The predicted molar refractivity (Wildman–Crippen MR) is 109 cm³/mol. The molecule has 3 amide bonds. The van der Waals surface area contributed by atoms with Crippen LogP contribution in [-0.2, 0) is 17.8 Å². The number of hydrogen-bond acceptors (Lipinski definition) is 3. The summed E-state index contributed by atoms with van der Waals surface area (Å²) in [6, 6.07) is 17.8. The maximum Gasteiger partial charge on any atom is 0.321 e. The Morgan fingerprint density at radius 1 is 0.786 bits per heavy atom. The van der Waals surface area contributed by atoms with Crippen LogP contribution in [-0.4, -0.2) is 65.9 Å². The predicted octanol–water partition coefficient (Wildman–Crippen LogP) is 2.42. The maximum atomic E-state index is 12.7. The number of nitrogens with zero attached hydrogens (tertiary/aromatic N) is 3. The Kier molecular flexibility index (Phi) is 5.58. The van der Waals surface area contributed by atoms with Gasteiger partial charge in [-0.25, -0.2) is 4.79 Å². The van der Waals surface area contributed by atoms with Crippen LogP contribution in [0, 0.1) is 0 Å². The molecule has 1 N–H and O–H groups in total. The van der Waals surface area contributed by atoms with Crippen molar-refractivity contribution in [1.29, 1.82) is 0 Å². The van der Waals surface area contributed by atoms with Gasteiger partial charge in [-0.1, -0.05) is 42.5 Å². The van der Waals surface area contributed by atoms with E-state index in [1.165, 1.54) is 11.1 Å². The number of carbonyl (C=O) groups excluding carboxylic acids is 2. The van der Waals surface area contributed by atoms with E-state index in [9.17, 15) is 9.59 Å². The molecule has 1 saturated heterocycles. The van der Waals surface area contributed by atoms with Crippen molar-refractivity contribution in [2.75, 3.05) is 44.6 Å². The molecule has 0 atom stereocenters. The van der Waals surface area contributed by atoms with Crippen molar-refractivity contribution in [2.24, 2.45) is 0 Å². The van der Waals surface area contributed by atoms with Gasteiger partial charge in [0.15, 0.2) is 0 Å². The molecule has 0 spiro atoms. The van der Waals surface area contributed by atoms with Crippen molar-refractivity contribution in [3.05, 3.63) is 65.7 Å². The van der Waals surface area contributed by atoms with Gasteiger partial charge in [-0.2, -0.15) is 0 Å². The third kappa shape index (κ3) is 4.34. The smallest absolute Gasteiger partial charge is 0.321 e. The molecule has 2 aromatic carbocycles. The molecule has 0 saturated carbocycles. The number of nitrogens with one attached hydrogen (secondary N) is 1. The molecule has 0 aromatic heterocycles. The zero-order chi connectivity index (χ0) is 19.3. The van der Waals surface area contributed by atoms with Crippen LogP contribution in [0.15, 0.2) is 54.6 Å². The fourth-order valence-electron chi connectivity index (χ4n) is 3.86. The molecular weight excluding hydrogens is 352 g/mol. The van der Waals surface area contributed by atoms with Gasteiger partial charge in [-0.3, -0.25) is 9.69 Å². The van der Waals surface area contributed by atoms with Gasteiger partial charge in [-0.05, 0) is 29.7 Å². The van der Waals surface area contributed by atoms with Gasteiger partial charge in [-0.15, -0.1) is 0 Å². The van der Waals surface area contributed by atoms with E-state index >= 15 is 0 Å². The van der Waals surface area contributed by atoms with Gasteiger partial charge in [0.2, 0.25) is 5.91 Å². The lowest BCUT2D eigenvalue weighted by atomic mass is 10.00. The van der Waals surface area contributed by atoms with Crippen LogP contribution in [0.4, 0.5) is 10.5 Å². The topological polar surface area (TPSA) is 55.9 Å². The Balaban J connectivity index is 1.25. The number of rotatable bonds is 3. The Bertz CT molecular complexity index is 831. The van der Waals surface area contributed by atoms with Gasteiger partial charge in [0.25, 0.3) is 0 Å².